The van der Waals surface area contributed by atoms with Crippen molar-refractivity contribution in [2.75, 3.05) is 0 Å². The normalized spacial score (nSPS) is 25.5. The molecule has 1 fully saturated rings. The summed E-state index contributed by atoms with van der Waals surface area (Å²) in [5.74, 6) is 0.0255. The lowest BCUT2D eigenvalue weighted by Crippen LogP contribution is -2.39. The number of carbonyl (C=O) groups is 1. The molecule has 8 heavy (non-hydrogen) atoms. The zero-order valence-corrected chi connectivity index (χ0v) is 4.99. The number of nitrogens with one attached hydrogen (secondary N) is 2. The molecule has 0 aromatic rings. The number of hydrogen-bond acceptors (Lipinski definition) is 2. The van der Waals surface area contributed by atoms with Crippen molar-refractivity contribution in [3.8, 4) is 0 Å². The van der Waals surface area contributed by atoms with Crippen molar-refractivity contribution in [3.63, 3.8) is 0 Å². The van der Waals surface area contributed by atoms with Crippen LogP contribution in [0.1, 0.15) is 13.8 Å². The molecule has 0 radical (unpaired) electrons. The molecule has 0 saturated carbocycles. The van der Waals surface area contributed by atoms with Gasteiger partial charge in [-0.05, 0) is 13.8 Å². The molecule has 1 saturated heterocycles. The van der Waals surface area contributed by atoms with Gasteiger partial charge in [0.25, 0.3) is 0 Å². The lowest BCUT2D eigenvalue weighted by Gasteiger charge is -2.17. The summed E-state index contributed by atoms with van der Waals surface area (Å²) in [4.78, 5) is 10.7. The van der Waals surface area contributed by atoms with E-state index in [0.717, 1.165) is 0 Å². The molecule has 0 aliphatic carbocycles. The van der Waals surface area contributed by atoms with Crippen LogP contribution in [-0.2, 0) is 4.79 Å². The third-order valence-corrected chi connectivity index (χ3v) is 1.20. The maximum Gasteiger partial charge on any atom is 0.209 e. The van der Waals surface area contributed by atoms with Crippen molar-refractivity contribution in [1.82, 2.24) is 10.6 Å². The molecule has 0 aromatic carbocycles. The van der Waals surface area contributed by atoms with Gasteiger partial charge in [0.2, 0.25) is 5.91 Å². The van der Waals surface area contributed by atoms with Crippen molar-refractivity contribution in [3.05, 3.63) is 6.67 Å². The molecule has 3 heteroatoms. The van der Waals surface area contributed by atoms with Crippen LogP contribution in [-0.4, -0.2) is 11.4 Å². The predicted molar refractivity (Wildman–Crippen MR) is 29.7 cm³/mol. The van der Waals surface area contributed by atoms with Crippen molar-refractivity contribution >= 4 is 5.91 Å². The van der Waals surface area contributed by atoms with E-state index in [1.807, 2.05) is 13.8 Å². The van der Waals surface area contributed by atoms with Crippen LogP contribution in [0.15, 0.2) is 0 Å². The fourth-order valence-electron chi connectivity index (χ4n) is 0.528. The van der Waals surface area contributed by atoms with Crippen LogP contribution in [0.4, 0.5) is 0 Å². The van der Waals surface area contributed by atoms with E-state index in [1.165, 1.54) is 0 Å². The Kier molecular flexibility index (Phi) is 1.01. The molecule has 1 heterocycles. The quantitative estimate of drug-likeness (QED) is 0.420. The molecule has 0 spiro atoms. The van der Waals surface area contributed by atoms with Crippen LogP contribution in [0.5, 0.6) is 0 Å². The monoisotopic (exact) mass is 113 g/mol. The van der Waals surface area contributed by atoms with Gasteiger partial charge in [-0.15, -0.1) is 0 Å². The lowest BCUT2D eigenvalue weighted by molar-refractivity contribution is -0.122. The molecule has 2 N–H and O–H groups in total. The second-order valence-corrected chi connectivity index (χ2v) is 2.39. The Morgan fingerprint density at radius 3 is 2.38 bits per heavy atom. The zero-order valence-electron chi connectivity index (χ0n) is 4.99. The molecular formula is C5H9N2O-. The zero-order chi connectivity index (χ0) is 6.20. The van der Waals surface area contributed by atoms with Crippen LogP contribution in [0, 0.1) is 6.67 Å². The second kappa shape index (κ2) is 1.45. The summed E-state index contributed by atoms with van der Waals surface area (Å²) in [6.45, 7) is 5.21. The number of rotatable bonds is 0. The van der Waals surface area contributed by atoms with Gasteiger partial charge in [0.05, 0.1) is 5.54 Å². The Morgan fingerprint density at radius 1 is 1.62 bits per heavy atom. The lowest BCUT2D eigenvalue weighted by atomic mass is 10.1. The van der Waals surface area contributed by atoms with E-state index in [4.69, 9.17) is 0 Å². The van der Waals surface area contributed by atoms with E-state index in [2.05, 4.69) is 10.6 Å². The molecule has 46 valence electrons. The van der Waals surface area contributed by atoms with Gasteiger partial charge < -0.3 is 10.6 Å². The van der Waals surface area contributed by atoms with E-state index in [0.29, 0.717) is 0 Å². The maximum absolute atomic E-state index is 10.7. The minimum atomic E-state index is -0.403. The van der Waals surface area contributed by atoms with Gasteiger partial charge in [-0.25, -0.2) is 0 Å². The Morgan fingerprint density at radius 2 is 2.25 bits per heavy atom. The highest BCUT2D eigenvalue weighted by Gasteiger charge is 2.24. The van der Waals surface area contributed by atoms with Crippen LogP contribution in [0.3, 0.4) is 0 Å². The van der Waals surface area contributed by atoms with Gasteiger partial charge in [0.1, 0.15) is 0 Å². The molecule has 0 aromatic heterocycles. The van der Waals surface area contributed by atoms with Gasteiger partial charge >= 0.3 is 0 Å². The second-order valence-electron chi connectivity index (χ2n) is 2.39. The Labute approximate surface area is 48.5 Å². The highest BCUT2D eigenvalue weighted by molar-refractivity contribution is 5.88. The Bertz CT molecular complexity index is 120. The third-order valence-electron chi connectivity index (χ3n) is 1.20. The van der Waals surface area contributed by atoms with Crippen molar-refractivity contribution in [2.45, 2.75) is 19.4 Å². The van der Waals surface area contributed by atoms with Crippen LogP contribution < -0.4 is 10.6 Å². The SMILES string of the molecule is CC1(C)N[CH-]NC1=O. The van der Waals surface area contributed by atoms with Gasteiger partial charge in [-0.2, -0.15) is 6.67 Å². The van der Waals surface area contributed by atoms with Crippen molar-refractivity contribution in [2.24, 2.45) is 0 Å². The average molecular weight is 113 g/mol. The summed E-state index contributed by atoms with van der Waals surface area (Å²) in [6, 6.07) is 0. The Balaban J connectivity index is 2.68. The minimum absolute atomic E-state index is 0.0255. The van der Waals surface area contributed by atoms with E-state index in [9.17, 15) is 4.79 Å². The summed E-state index contributed by atoms with van der Waals surface area (Å²) in [5, 5.41) is 5.39. The molecular weight excluding hydrogens is 104 g/mol. The standard InChI is InChI=1S/C5H9N2O/c1-5(2)4(8)6-3-7-5/h3,7H,1-2H3,(H,6,8)/q-1. The number of hydrogen-bond donors (Lipinski definition) is 2. The van der Waals surface area contributed by atoms with Crippen molar-refractivity contribution in [1.29, 1.82) is 0 Å². The molecule has 0 unspecified atom stereocenters. The van der Waals surface area contributed by atoms with Gasteiger partial charge in [0.15, 0.2) is 0 Å². The maximum atomic E-state index is 10.7. The summed E-state index contributed by atoms with van der Waals surface area (Å²) in [6.07, 6.45) is 0. The first-order valence-electron chi connectivity index (χ1n) is 2.53. The number of carbonyl (C=O) groups excluding carboxylic acids is 1. The molecule has 1 rings (SSSR count). The molecule has 1 aliphatic rings. The number of amides is 1. The highest BCUT2D eigenvalue weighted by Crippen LogP contribution is 2.06. The first kappa shape index (κ1) is 5.56. The van der Waals surface area contributed by atoms with E-state index in [-0.39, 0.29) is 5.91 Å². The van der Waals surface area contributed by atoms with E-state index >= 15 is 0 Å². The summed E-state index contributed by atoms with van der Waals surface area (Å²) < 4.78 is 0. The smallest absolute Gasteiger partial charge is 0.209 e. The van der Waals surface area contributed by atoms with Crippen LogP contribution >= 0.6 is 0 Å². The Hall–Kier alpha value is -0.570. The van der Waals surface area contributed by atoms with Crippen LogP contribution in [0.2, 0.25) is 0 Å². The van der Waals surface area contributed by atoms with Gasteiger partial charge in [0, 0.05) is 0 Å². The first-order valence-corrected chi connectivity index (χ1v) is 2.53. The predicted octanol–water partition coefficient (Wildman–Crippen LogP) is -0.396. The van der Waals surface area contributed by atoms with E-state index < -0.39 is 5.54 Å². The largest absolute Gasteiger partial charge is 0.491 e. The first-order chi connectivity index (χ1) is 3.63. The van der Waals surface area contributed by atoms with Gasteiger partial charge in [-0.3, -0.25) is 4.79 Å². The molecule has 0 bridgehead atoms. The molecule has 1 aliphatic heterocycles. The summed E-state index contributed by atoms with van der Waals surface area (Å²) in [5.41, 5.74) is -0.403. The molecule has 3 nitrogen and oxygen atoms in total. The van der Waals surface area contributed by atoms with Crippen LogP contribution in [0.25, 0.3) is 0 Å². The molecule has 1 amide bonds. The summed E-state index contributed by atoms with van der Waals surface area (Å²) in [7, 11) is 0. The van der Waals surface area contributed by atoms with E-state index in [1.54, 1.807) is 6.67 Å². The summed E-state index contributed by atoms with van der Waals surface area (Å²) >= 11 is 0. The average Bonchev–Trinajstić information content (AvgIpc) is 1.86. The topological polar surface area (TPSA) is 41.1 Å². The highest BCUT2D eigenvalue weighted by atomic mass is 16.2. The third kappa shape index (κ3) is 0.690. The minimum Gasteiger partial charge on any atom is -0.491 e. The van der Waals surface area contributed by atoms with Gasteiger partial charge in [-0.1, -0.05) is 0 Å². The molecule has 0 atom stereocenters. The van der Waals surface area contributed by atoms with Crippen molar-refractivity contribution < 1.29 is 4.79 Å². The fraction of sp³-hybridized carbons (Fsp3) is 0.600. The fourth-order valence-corrected chi connectivity index (χ4v) is 0.528.